The van der Waals surface area contributed by atoms with Gasteiger partial charge < -0.3 is 17.0 Å². The van der Waals surface area contributed by atoms with Crippen molar-refractivity contribution < 1.29 is 26.8 Å². The third-order valence-electron chi connectivity index (χ3n) is 4.56. The average molecular weight is 394 g/mol. The Kier molecular flexibility index (Phi) is 20.9. The number of hydrogen-bond acceptors (Lipinski definition) is 1. The summed E-state index contributed by atoms with van der Waals surface area (Å²) in [4.78, 5) is 0. The number of hydrogen-bond donors (Lipinski definition) is 1. The molecule has 23 heavy (non-hydrogen) atoms. The molecule has 0 aliphatic rings. The van der Waals surface area contributed by atoms with Crippen LogP contribution in [0.3, 0.4) is 0 Å². The summed E-state index contributed by atoms with van der Waals surface area (Å²) in [7, 11) is 3.70. The van der Waals surface area contributed by atoms with Crippen molar-refractivity contribution in [3.05, 3.63) is 0 Å². The van der Waals surface area contributed by atoms with Gasteiger partial charge in [0, 0.05) is 0 Å². The third kappa shape index (κ3) is 24.8. The SMILES string of the molecule is CCCCCCCCCCCCCCCCCC[N+](C)(C)O.[Br-]. The molecule has 0 saturated heterocycles. The molecular formula is C20H44BrNO. The highest BCUT2D eigenvalue weighted by Gasteiger charge is 2.08. The minimum Gasteiger partial charge on any atom is -1.00 e. The van der Waals surface area contributed by atoms with Crippen molar-refractivity contribution in [3.8, 4) is 0 Å². The van der Waals surface area contributed by atoms with Crippen LogP contribution >= 0.6 is 0 Å². The van der Waals surface area contributed by atoms with E-state index in [0.717, 1.165) is 13.0 Å². The summed E-state index contributed by atoms with van der Waals surface area (Å²) in [5.41, 5.74) is 0. The van der Waals surface area contributed by atoms with Crippen molar-refractivity contribution in [1.29, 1.82) is 0 Å². The van der Waals surface area contributed by atoms with Crippen LogP contribution in [0.25, 0.3) is 0 Å². The molecule has 0 atom stereocenters. The van der Waals surface area contributed by atoms with Crippen molar-refractivity contribution in [2.75, 3.05) is 20.6 Å². The maximum absolute atomic E-state index is 9.57. The first-order valence-electron chi connectivity index (χ1n) is 10.1. The van der Waals surface area contributed by atoms with Crippen LogP contribution in [0.5, 0.6) is 0 Å². The quantitative estimate of drug-likeness (QED) is 0.227. The third-order valence-corrected chi connectivity index (χ3v) is 4.56. The standard InChI is InChI=1S/C20H44NO.BrH/c1-4-5-6-7-8-9-10-11-12-13-14-15-16-17-18-19-20-21(2,3)22;/h22H,4-20H2,1-3H3;1H/q+1;/p-1. The summed E-state index contributed by atoms with van der Waals surface area (Å²) >= 11 is 0. The van der Waals surface area contributed by atoms with Crippen LogP contribution in [0.4, 0.5) is 0 Å². The summed E-state index contributed by atoms with van der Waals surface area (Å²) in [6.07, 6.45) is 22.4. The number of hydroxylamine groups is 3. The van der Waals surface area contributed by atoms with Gasteiger partial charge in [0.15, 0.2) is 0 Å². The zero-order valence-corrected chi connectivity index (χ0v) is 17.9. The van der Waals surface area contributed by atoms with E-state index >= 15 is 0 Å². The summed E-state index contributed by atoms with van der Waals surface area (Å²) in [5, 5.41) is 9.57. The second-order valence-corrected chi connectivity index (χ2v) is 7.65. The van der Waals surface area contributed by atoms with Gasteiger partial charge in [0.1, 0.15) is 6.54 Å². The first-order valence-corrected chi connectivity index (χ1v) is 10.1. The summed E-state index contributed by atoms with van der Waals surface area (Å²) in [6, 6.07) is 0. The normalized spacial score (nSPS) is 11.5. The largest absolute Gasteiger partial charge is 1.00 e. The molecule has 142 valence electrons. The van der Waals surface area contributed by atoms with Crippen molar-refractivity contribution in [3.63, 3.8) is 0 Å². The Labute approximate surface area is 157 Å². The van der Waals surface area contributed by atoms with Crippen molar-refractivity contribution in [1.82, 2.24) is 0 Å². The first kappa shape index (κ1) is 25.6. The van der Waals surface area contributed by atoms with Gasteiger partial charge in [-0.25, -0.2) is 5.21 Å². The smallest absolute Gasteiger partial charge is 0.108 e. The van der Waals surface area contributed by atoms with Crippen LogP contribution in [0, 0.1) is 0 Å². The lowest BCUT2D eigenvalue weighted by molar-refractivity contribution is -1.07. The molecule has 3 heteroatoms. The van der Waals surface area contributed by atoms with Crippen molar-refractivity contribution in [2.24, 2.45) is 0 Å². The van der Waals surface area contributed by atoms with Crippen LogP contribution in [0.15, 0.2) is 0 Å². The van der Waals surface area contributed by atoms with Gasteiger partial charge in [0.05, 0.1) is 14.1 Å². The Morgan fingerprint density at radius 1 is 0.522 bits per heavy atom. The fourth-order valence-corrected chi connectivity index (χ4v) is 3.05. The maximum Gasteiger partial charge on any atom is 0.108 e. The molecule has 0 aliphatic heterocycles. The molecule has 0 radical (unpaired) electrons. The molecule has 0 rings (SSSR count). The van der Waals surface area contributed by atoms with E-state index in [1.165, 1.54) is 96.3 Å². The van der Waals surface area contributed by atoms with Crippen LogP contribution in [-0.2, 0) is 0 Å². The molecule has 1 N–H and O–H groups in total. The van der Waals surface area contributed by atoms with Crippen LogP contribution in [0.1, 0.15) is 110 Å². The Balaban J connectivity index is 0. The predicted octanol–water partition coefficient (Wildman–Crippen LogP) is 3.72. The predicted molar refractivity (Wildman–Crippen MR) is 98.3 cm³/mol. The molecule has 0 bridgehead atoms. The molecule has 2 nitrogen and oxygen atoms in total. The molecule has 0 aromatic rings. The van der Waals surface area contributed by atoms with Gasteiger partial charge in [0.25, 0.3) is 0 Å². The molecule has 0 amide bonds. The van der Waals surface area contributed by atoms with Gasteiger partial charge >= 0.3 is 0 Å². The van der Waals surface area contributed by atoms with Gasteiger partial charge in [-0.15, -0.1) is 0 Å². The number of unbranched alkanes of at least 4 members (excludes halogenated alkanes) is 15. The van der Waals surface area contributed by atoms with E-state index in [9.17, 15) is 5.21 Å². The lowest BCUT2D eigenvalue weighted by atomic mass is 10.0. The first-order chi connectivity index (χ1) is 10.6. The van der Waals surface area contributed by atoms with E-state index < -0.39 is 0 Å². The van der Waals surface area contributed by atoms with E-state index in [2.05, 4.69) is 6.92 Å². The molecule has 0 saturated carbocycles. The minimum absolute atomic E-state index is 0. The Hall–Kier alpha value is 0.400. The van der Waals surface area contributed by atoms with E-state index in [4.69, 9.17) is 0 Å². The number of halogens is 1. The van der Waals surface area contributed by atoms with Crippen molar-refractivity contribution >= 4 is 0 Å². The highest BCUT2D eigenvalue weighted by Crippen LogP contribution is 2.13. The molecule has 0 spiro atoms. The highest BCUT2D eigenvalue weighted by atomic mass is 79.9. The highest BCUT2D eigenvalue weighted by molar-refractivity contribution is 4.49. The van der Waals surface area contributed by atoms with E-state index in [-0.39, 0.29) is 21.6 Å². The van der Waals surface area contributed by atoms with Crippen LogP contribution in [0.2, 0.25) is 0 Å². The van der Waals surface area contributed by atoms with Gasteiger partial charge in [-0.2, -0.15) is 4.65 Å². The average Bonchev–Trinajstić information content (AvgIpc) is 2.45. The van der Waals surface area contributed by atoms with Gasteiger partial charge in [0.2, 0.25) is 0 Å². The Morgan fingerprint density at radius 3 is 1.04 bits per heavy atom. The van der Waals surface area contributed by atoms with E-state index in [1.807, 2.05) is 14.1 Å². The second-order valence-electron chi connectivity index (χ2n) is 7.65. The molecule has 0 aromatic carbocycles. The number of nitrogens with zero attached hydrogens (tertiary/aromatic N) is 1. The van der Waals surface area contributed by atoms with E-state index in [0.29, 0.717) is 0 Å². The summed E-state index contributed by atoms with van der Waals surface area (Å²) in [6.45, 7) is 3.17. The lowest BCUT2D eigenvalue weighted by Gasteiger charge is -2.18. The zero-order chi connectivity index (χ0) is 16.5. The molecular weight excluding hydrogens is 350 g/mol. The monoisotopic (exact) mass is 393 g/mol. The molecule has 0 aliphatic carbocycles. The van der Waals surface area contributed by atoms with Gasteiger partial charge in [-0.3, -0.25) is 0 Å². The molecule has 0 heterocycles. The lowest BCUT2D eigenvalue weighted by Crippen LogP contribution is -3.00. The molecule has 0 aromatic heterocycles. The number of rotatable bonds is 17. The zero-order valence-electron chi connectivity index (χ0n) is 16.3. The van der Waals surface area contributed by atoms with Gasteiger partial charge in [-0.05, 0) is 12.8 Å². The number of quaternary nitrogens is 1. The molecule has 0 fully saturated rings. The Morgan fingerprint density at radius 2 is 0.783 bits per heavy atom. The topological polar surface area (TPSA) is 20.2 Å². The second kappa shape index (κ2) is 18.7. The van der Waals surface area contributed by atoms with Crippen molar-refractivity contribution in [2.45, 2.75) is 110 Å². The summed E-state index contributed by atoms with van der Waals surface area (Å²) < 4.78 is 0.124. The van der Waals surface area contributed by atoms with Crippen LogP contribution < -0.4 is 17.0 Å². The summed E-state index contributed by atoms with van der Waals surface area (Å²) in [5.74, 6) is 0. The fraction of sp³-hybridized carbons (Fsp3) is 1.00. The molecule has 0 unspecified atom stereocenters. The minimum atomic E-state index is 0. The van der Waals surface area contributed by atoms with Crippen LogP contribution in [-0.4, -0.2) is 30.5 Å². The van der Waals surface area contributed by atoms with E-state index in [1.54, 1.807) is 0 Å². The maximum atomic E-state index is 9.57. The fourth-order valence-electron chi connectivity index (χ4n) is 3.05. The Bertz CT molecular complexity index is 216. The van der Waals surface area contributed by atoms with Gasteiger partial charge in [-0.1, -0.05) is 96.8 Å².